The maximum Gasteiger partial charge on any atom is 0.328 e. The summed E-state index contributed by atoms with van der Waals surface area (Å²) in [6.45, 7) is 4.23. The summed E-state index contributed by atoms with van der Waals surface area (Å²) in [5.74, 6) is -2.51. The second-order valence-corrected chi connectivity index (χ2v) is 8.36. The number of carboxylic acids is 2. The van der Waals surface area contributed by atoms with Crippen molar-refractivity contribution in [2.24, 2.45) is 0 Å². The van der Waals surface area contributed by atoms with E-state index in [-0.39, 0.29) is 6.03 Å². The number of fused-ring (bicyclic) bond motifs is 1. The first-order valence-electron chi connectivity index (χ1n) is 10.8. The van der Waals surface area contributed by atoms with E-state index in [4.69, 9.17) is 21.8 Å². The molecule has 0 aliphatic carbocycles. The number of carbonyl (C=O) groups excluding carboxylic acids is 1. The first-order chi connectivity index (χ1) is 16.2. The van der Waals surface area contributed by atoms with Crippen LogP contribution in [-0.2, 0) is 16.0 Å². The normalized spacial score (nSPS) is 15.5. The van der Waals surface area contributed by atoms with Crippen molar-refractivity contribution in [1.82, 2.24) is 9.80 Å². The molecule has 2 aromatic rings. The summed E-state index contributed by atoms with van der Waals surface area (Å²) >= 11 is 6.13. The van der Waals surface area contributed by atoms with Crippen LogP contribution in [0.5, 0.6) is 0 Å². The Hall–Kier alpha value is -3.56. The number of para-hydroxylation sites is 2. The quantitative estimate of drug-likeness (QED) is 0.566. The van der Waals surface area contributed by atoms with Crippen LogP contribution in [0.3, 0.4) is 0 Å². The number of hydrogen-bond donors (Lipinski definition) is 3. The Balaban J connectivity index is 0.000000350. The molecule has 180 valence electrons. The number of benzene rings is 2. The van der Waals surface area contributed by atoms with Gasteiger partial charge in [-0.3, -0.25) is 0 Å². The molecule has 1 fully saturated rings. The van der Waals surface area contributed by atoms with Crippen LogP contribution in [0.15, 0.2) is 54.6 Å². The minimum Gasteiger partial charge on any atom is -0.478 e. The zero-order valence-electron chi connectivity index (χ0n) is 18.8. The molecule has 1 saturated heterocycles. The third kappa shape index (κ3) is 6.72. The number of urea groups is 1. The molecule has 4 rings (SSSR count). The van der Waals surface area contributed by atoms with Gasteiger partial charge in [0.25, 0.3) is 0 Å². The van der Waals surface area contributed by atoms with Crippen LogP contribution in [0.2, 0.25) is 5.02 Å². The van der Waals surface area contributed by atoms with Crippen LogP contribution in [0.4, 0.5) is 21.9 Å². The molecule has 3 N–H and O–H groups in total. The third-order valence-corrected chi connectivity index (χ3v) is 5.77. The molecule has 0 aromatic heterocycles. The van der Waals surface area contributed by atoms with Crippen molar-refractivity contribution in [2.45, 2.75) is 6.42 Å². The fourth-order valence-electron chi connectivity index (χ4n) is 3.78. The molecule has 2 aromatic carbocycles. The Labute approximate surface area is 202 Å². The molecule has 2 aliphatic heterocycles. The Morgan fingerprint density at radius 3 is 2.21 bits per heavy atom. The molecule has 9 nitrogen and oxygen atoms in total. The molecule has 34 heavy (non-hydrogen) atoms. The van der Waals surface area contributed by atoms with Crippen molar-refractivity contribution in [3.8, 4) is 0 Å². The van der Waals surface area contributed by atoms with Gasteiger partial charge in [0, 0.05) is 55.6 Å². The Morgan fingerprint density at radius 2 is 1.56 bits per heavy atom. The average molecular weight is 487 g/mol. The predicted octanol–water partition coefficient (Wildman–Crippen LogP) is 3.53. The first-order valence-corrected chi connectivity index (χ1v) is 11.2. The van der Waals surface area contributed by atoms with E-state index in [1.54, 1.807) is 0 Å². The van der Waals surface area contributed by atoms with E-state index in [0.29, 0.717) is 12.2 Å². The van der Waals surface area contributed by atoms with Crippen LogP contribution >= 0.6 is 11.6 Å². The van der Waals surface area contributed by atoms with Crippen molar-refractivity contribution in [3.63, 3.8) is 0 Å². The average Bonchev–Trinajstić information content (AvgIpc) is 3.21. The number of hydrogen-bond acceptors (Lipinski definition) is 5. The lowest BCUT2D eigenvalue weighted by atomic mass is 10.1. The van der Waals surface area contributed by atoms with Gasteiger partial charge in [0.15, 0.2) is 0 Å². The van der Waals surface area contributed by atoms with Gasteiger partial charge in [-0.2, -0.15) is 0 Å². The lowest BCUT2D eigenvalue weighted by Crippen LogP contribution is -2.48. The number of nitrogens with zero attached hydrogens (tertiary/aromatic N) is 3. The van der Waals surface area contributed by atoms with Gasteiger partial charge in [-0.15, -0.1) is 0 Å². The molecular formula is C24H27ClN4O5. The number of carbonyl (C=O) groups is 3. The summed E-state index contributed by atoms with van der Waals surface area (Å²) in [6, 6.07) is 14.0. The molecule has 2 aliphatic rings. The molecule has 0 radical (unpaired) electrons. The highest BCUT2D eigenvalue weighted by molar-refractivity contribution is 6.30. The smallest absolute Gasteiger partial charge is 0.328 e. The second kappa shape index (κ2) is 11.5. The van der Waals surface area contributed by atoms with Gasteiger partial charge < -0.3 is 30.2 Å². The van der Waals surface area contributed by atoms with Gasteiger partial charge in [0.2, 0.25) is 0 Å². The van der Waals surface area contributed by atoms with E-state index in [0.717, 1.165) is 61.2 Å². The van der Waals surface area contributed by atoms with Crippen LogP contribution < -0.4 is 10.2 Å². The summed E-state index contributed by atoms with van der Waals surface area (Å²) in [4.78, 5) is 38.2. The van der Waals surface area contributed by atoms with Crippen LogP contribution in [0.25, 0.3) is 0 Å². The van der Waals surface area contributed by atoms with E-state index < -0.39 is 11.9 Å². The van der Waals surface area contributed by atoms with E-state index >= 15 is 0 Å². The SMILES string of the molecule is CN1CCN(C(=O)Nc2ccccc2N2CCc3cc(Cl)ccc32)CC1.O=C(O)/C=C\C(=O)O. The summed E-state index contributed by atoms with van der Waals surface area (Å²) in [7, 11) is 2.08. The number of piperazine rings is 1. The standard InChI is InChI=1S/C20H23ClN4O.C4H4O4/c1-23-10-12-24(13-11-23)20(26)22-17-4-2-3-5-19(17)25-9-8-15-14-16(21)6-7-18(15)25;5-3(6)1-2-4(7)8/h2-7,14H,8-13H2,1H3,(H,22,26);1-2H,(H,5,6)(H,7,8)/b;2-1-. The molecule has 2 amide bonds. The Kier molecular flexibility index (Phi) is 8.50. The molecule has 0 spiro atoms. The molecular weight excluding hydrogens is 460 g/mol. The van der Waals surface area contributed by atoms with Crippen LogP contribution in [-0.4, -0.2) is 77.8 Å². The topological polar surface area (TPSA) is 113 Å². The summed E-state index contributed by atoms with van der Waals surface area (Å²) in [5.41, 5.74) is 4.28. The van der Waals surface area contributed by atoms with Crippen molar-refractivity contribution in [3.05, 3.63) is 65.2 Å². The minimum absolute atomic E-state index is 0.0268. The van der Waals surface area contributed by atoms with Crippen molar-refractivity contribution >= 4 is 46.6 Å². The van der Waals surface area contributed by atoms with Gasteiger partial charge in [-0.25, -0.2) is 14.4 Å². The maximum absolute atomic E-state index is 12.7. The highest BCUT2D eigenvalue weighted by Gasteiger charge is 2.24. The van der Waals surface area contributed by atoms with Crippen molar-refractivity contribution in [1.29, 1.82) is 0 Å². The fraction of sp³-hybridized carbons (Fsp3) is 0.292. The molecule has 0 saturated carbocycles. The van der Waals surface area contributed by atoms with Crippen molar-refractivity contribution in [2.75, 3.05) is 50.0 Å². The van der Waals surface area contributed by atoms with Crippen molar-refractivity contribution < 1.29 is 24.6 Å². The molecule has 0 bridgehead atoms. The Bertz CT molecular complexity index is 1070. The largest absolute Gasteiger partial charge is 0.478 e. The zero-order valence-corrected chi connectivity index (χ0v) is 19.5. The summed E-state index contributed by atoms with van der Waals surface area (Å²) in [6.07, 6.45) is 2.07. The highest BCUT2D eigenvalue weighted by Crippen LogP contribution is 2.39. The number of carboxylic acid groups (broad SMARTS) is 2. The van der Waals surface area contributed by atoms with Gasteiger partial charge in [-0.1, -0.05) is 23.7 Å². The van der Waals surface area contributed by atoms with Gasteiger partial charge in [0.1, 0.15) is 0 Å². The number of nitrogens with one attached hydrogen (secondary N) is 1. The summed E-state index contributed by atoms with van der Waals surface area (Å²) < 4.78 is 0. The fourth-order valence-corrected chi connectivity index (χ4v) is 3.98. The maximum atomic E-state index is 12.7. The number of amides is 2. The summed E-state index contributed by atoms with van der Waals surface area (Å²) in [5, 5.41) is 19.5. The Morgan fingerprint density at radius 1 is 0.912 bits per heavy atom. The van der Waals surface area contributed by atoms with E-state index in [2.05, 4.69) is 34.3 Å². The predicted molar refractivity (Wildman–Crippen MR) is 131 cm³/mol. The molecule has 0 unspecified atom stereocenters. The number of rotatable bonds is 4. The minimum atomic E-state index is -1.26. The lowest BCUT2D eigenvalue weighted by molar-refractivity contribution is -0.134. The number of aliphatic carboxylic acids is 2. The van der Waals surface area contributed by atoms with Gasteiger partial charge in [0.05, 0.1) is 11.4 Å². The highest BCUT2D eigenvalue weighted by atomic mass is 35.5. The van der Waals surface area contributed by atoms with Gasteiger partial charge >= 0.3 is 18.0 Å². The number of anilines is 3. The van der Waals surface area contributed by atoms with Crippen LogP contribution in [0.1, 0.15) is 5.56 Å². The zero-order chi connectivity index (χ0) is 24.7. The third-order valence-electron chi connectivity index (χ3n) is 5.53. The second-order valence-electron chi connectivity index (χ2n) is 7.92. The molecule has 0 atom stereocenters. The van der Waals surface area contributed by atoms with E-state index in [9.17, 15) is 14.4 Å². The van der Waals surface area contributed by atoms with Crippen LogP contribution in [0, 0.1) is 0 Å². The first kappa shape index (κ1) is 25.1. The number of halogens is 1. The monoisotopic (exact) mass is 486 g/mol. The molecule has 10 heteroatoms. The lowest BCUT2D eigenvalue weighted by Gasteiger charge is -2.33. The molecule has 2 heterocycles. The van der Waals surface area contributed by atoms with Gasteiger partial charge in [-0.05, 0) is 49.4 Å². The van der Waals surface area contributed by atoms with E-state index in [1.807, 2.05) is 35.2 Å². The number of likely N-dealkylation sites (N-methyl/N-ethyl adjacent to an activating group) is 1. The van der Waals surface area contributed by atoms with E-state index in [1.165, 1.54) is 5.56 Å².